The number of nitrogen functional groups attached to an aromatic ring is 1. The number of carboxylic acids is 1. The van der Waals surface area contributed by atoms with Crippen molar-refractivity contribution in [2.24, 2.45) is 5.73 Å². The van der Waals surface area contributed by atoms with E-state index in [1.165, 1.54) is 0 Å². The maximum absolute atomic E-state index is 12.2. The average molecular weight is 376 g/mol. The lowest BCUT2D eigenvalue weighted by Gasteiger charge is -2.33. The molecule has 2 aliphatic heterocycles. The topological polar surface area (TPSA) is 129 Å². The summed E-state index contributed by atoms with van der Waals surface area (Å²) in [6.45, 7) is 2.24. The number of amides is 1. The molecular weight excluding hydrogens is 352 g/mol. The number of ether oxygens (including phenoxy) is 2. The van der Waals surface area contributed by atoms with E-state index >= 15 is 0 Å². The van der Waals surface area contributed by atoms with Gasteiger partial charge in [0.05, 0.1) is 12.6 Å². The van der Waals surface area contributed by atoms with Gasteiger partial charge in [0, 0.05) is 24.3 Å². The highest BCUT2D eigenvalue weighted by Crippen LogP contribution is 2.23. The number of carbonyl (C=O) groups is 2. The highest BCUT2D eigenvalue weighted by Gasteiger charge is 2.34. The summed E-state index contributed by atoms with van der Waals surface area (Å²) in [5.41, 5.74) is 6.75. The Labute approximate surface area is 157 Å². The van der Waals surface area contributed by atoms with Crippen molar-refractivity contribution in [3.8, 4) is 0 Å². The van der Waals surface area contributed by atoms with Gasteiger partial charge in [0.2, 0.25) is 0 Å². The first-order chi connectivity index (χ1) is 12.9. The Bertz CT molecular complexity index is 708. The first kappa shape index (κ1) is 19.1. The molecule has 3 rings (SSSR count). The van der Waals surface area contributed by atoms with Crippen LogP contribution in [-0.4, -0.2) is 72.9 Å². The minimum Gasteiger partial charge on any atom is -0.480 e. The summed E-state index contributed by atoms with van der Waals surface area (Å²) in [6.07, 6.45) is 0.987. The van der Waals surface area contributed by atoms with E-state index < -0.39 is 12.1 Å². The van der Waals surface area contributed by atoms with Gasteiger partial charge in [-0.2, -0.15) is 0 Å². The third-order valence-electron chi connectivity index (χ3n) is 4.73. The van der Waals surface area contributed by atoms with E-state index in [-0.39, 0.29) is 24.7 Å². The monoisotopic (exact) mass is 376 g/mol. The number of carboxylic acid groups (broad SMARTS) is 1. The maximum atomic E-state index is 12.2. The zero-order valence-electron chi connectivity index (χ0n) is 15.0. The Kier molecular flexibility index (Phi) is 5.92. The number of anilines is 1. The van der Waals surface area contributed by atoms with Gasteiger partial charge in [-0.25, -0.2) is 9.59 Å². The molecule has 2 saturated heterocycles. The van der Waals surface area contributed by atoms with Gasteiger partial charge in [-0.3, -0.25) is 15.2 Å². The minimum absolute atomic E-state index is 0.0202. The Hall–Kier alpha value is -2.65. The van der Waals surface area contributed by atoms with E-state index in [4.69, 9.17) is 25.7 Å². The number of hydrogen-bond donors (Lipinski definition) is 3. The number of aliphatic carboxylic acids is 1. The van der Waals surface area contributed by atoms with Crippen LogP contribution in [0.3, 0.4) is 0 Å². The van der Waals surface area contributed by atoms with Crippen molar-refractivity contribution in [3.63, 3.8) is 0 Å². The van der Waals surface area contributed by atoms with E-state index in [9.17, 15) is 9.59 Å². The molecule has 27 heavy (non-hydrogen) atoms. The summed E-state index contributed by atoms with van der Waals surface area (Å²) in [7, 11) is 0. The third kappa shape index (κ3) is 4.95. The summed E-state index contributed by atoms with van der Waals surface area (Å²) in [5, 5.41) is 16.2. The second-order valence-electron chi connectivity index (χ2n) is 6.81. The molecule has 0 aromatic heterocycles. The predicted molar refractivity (Wildman–Crippen MR) is 98.1 cm³/mol. The van der Waals surface area contributed by atoms with Crippen LogP contribution in [0.15, 0.2) is 24.3 Å². The highest BCUT2D eigenvalue weighted by molar-refractivity contribution is 5.96. The molecule has 1 amide bonds. The van der Waals surface area contributed by atoms with E-state index in [0.29, 0.717) is 30.9 Å². The predicted octanol–water partition coefficient (Wildman–Crippen LogP) is 0.861. The van der Waals surface area contributed by atoms with Crippen molar-refractivity contribution >= 4 is 23.6 Å². The fourth-order valence-corrected chi connectivity index (χ4v) is 3.44. The minimum atomic E-state index is -0.969. The van der Waals surface area contributed by atoms with Gasteiger partial charge in [0.15, 0.2) is 0 Å². The largest absolute Gasteiger partial charge is 0.480 e. The van der Waals surface area contributed by atoms with E-state index in [0.717, 1.165) is 19.4 Å². The van der Waals surface area contributed by atoms with Gasteiger partial charge < -0.3 is 20.3 Å². The molecule has 2 aliphatic rings. The number of amidine groups is 1. The van der Waals surface area contributed by atoms with Gasteiger partial charge in [-0.15, -0.1) is 0 Å². The Balaban J connectivity index is 1.54. The van der Waals surface area contributed by atoms with Gasteiger partial charge in [0.25, 0.3) is 0 Å². The van der Waals surface area contributed by atoms with Crippen LogP contribution in [0.2, 0.25) is 0 Å². The molecule has 9 nitrogen and oxygen atoms in total. The molecule has 9 heteroatoms. The Morgan fingerprint density at radius 2 is 2.07 bits per heavy atom. The summed E-state index contributed by atoms with van der Waals surface area (Å²) in [6, 6.07) is 6.90. The molecule has 2 fully saturated rings. The Morgan fingerprint density at radius 3 is 2.74 bits per heavy atom. The van der Waals surface area contributed by atoms with Crippen molar-refractivity contribution in [3.05, 3.63) is 29.8 Å². The van der Waals surface area contributed by atoms with Crippen LogP contribution in [0.1, 0.15) is 18.4 Å². The second kappa shape index (κ2) is 8.36. The van der Waals surface area contributed by atoms with E-state index in [1.807, 2.05) is 0 Å². The number of nitrogens with two attached hydrogens (primary N) is 1. The van der Waals surface area contributed by atoms with Gasteiger partial charge in [-0.05, 0) is 43.7 Å². The summed E-state index contributed by atoms with van der Waals surface area (Å²) in [5.74, 6) is -0.989. The molecule has 1 aromatic carbocycles. The van der Waals surface area contributed by atoms with Crippen molar-refractivity contribution < 1.29 is 24.2 Å². The summed E-state index contributed by atoms with van der Waals surface area (Å²) >= 11 is 0. The molecule has 2 heterocycles. The van der Waals surface area contributed by atoms with Crippen molar-refractivity contribution in [1.29, 1.82) is 5.41 Å². The van der Waals surface area contributed by atoms with Gasteiger partial charge in [-0.1, -0.05) is 0 Å². The number of benzene rings is 1. The fraction of sp³-hybridized carbons (Fsp3) is 0.500. The second-order valence-corrected chi connectivity index (χ2v) is 6.81. The van der Waals surface area contributed by atoms with Crippen LogP contribution in [0.25, 0.3) is 0 Å². The molecule has 2 unspecified atom stereocenters. The van der Waals surface area contributed by atoms with Crippen LogP contribution in [0, 0.1) is 5.41 Å². The molecule has 0 saturated carbocycles. The first-order valence-corrected chi connectivity index (χ1v) is 8.90. The van der Waals surface area contributed by atoms with Crippen molar-refractivity contribution in [1.82, 2.24) is 4.90 Å². The molecule has 4 N–H and O–H groups in total. The zero-order valence-corrected chi connectivity index (χ0v) is 15.0. The number of likely N-dealkylation sites (tertiary alicyclic amines) is 1. The van der Waals surface area contributed by atoms with Gasteiger partial charge in [0.1, 0.15) is 18.5 Å². The standard InChI is InChI=1S/C18H24N4O5/c19-17(20)12-3-5-13(6-4-12)22-10-15(27-18(22)25)9-21-7-1-2-14(8-21)26-11-16(23)24/h3-6,14-15H,1-2,7-11H2,(H3,19,20)(H,23,24). The summed E-state index contributed by atoms with van der Waals surface area (Å²) in [4.78, 5) is 26.6. The third-order valence-corrected chi connectivity index (χ3v) is 4.73. The number of piperidine rings is 1. The molecule has 146 valence electrons. The van der Waals surface area contributed by atoms with Crippen molar-refractivity contribution in [2.45, 2.75) is 25.0 Å². The number of hydrogen-bond acceptors (Lipinski definition) is 6. The number of rotatable bonds is 7. The number of nitrogens with one attached hydrogen (secondary N) is 1. The molecule has 0 aliphatic carbocycles. The molecular formula is C18H24N4O5. The van der Waals surface area contributed by atoms with E-state index in [2.05, 4.69) is 4.90 Å². The molecule has 0 radical (unpaired) electrons. The average Bonchev–Trinajstić information content (AvgIpc) is 3.00. The number of cyclic esters (lactones) is 1. The van der Waals surface area contributed by atoms with Crippen molar-refractivity contribution in [2.75, 3.05) is 37.7 Å². The van der Waals surface area contributed by atoms with Gasteiger partial charge >= 0.3 is 12.1 Å². The smallest absolute Gasteiger partial charge is 0.414 e. The zero-order chi connectivity index (χ0) is 19.4. The van der Waals surface area contributed by atoms with Crippen LogP contribution in [0.4, 0.5) is 10.5 Å². The molecule has 0 spiro atoms. The summed E-state index contributed by atoms with van der Waals surface area (Å²) < 4.78 is 10.9. The normalized spacial score (nSPS) is 23.3. The maximum Gasteiger partial charge on any atom is 0.414 e. The van der Waals surface area contributed by atoms with Crippen LogP contribution in [0.5, 0.6) is 0 Å². The highest BCUT2D eigenvalue weighted by atomic mass is 16.6. The molecule has 1 aromatic rings. The lowest BCUT2D eigenvalue weighted by molar-refractivity contribution is -0.145. The van der Waals surface area contributed by atoms with Crippen LogP contribution >= 0.6 is 0 Å². The molecule has 0 bridgehead atoms. The number of carbonyl (C=O) groups excluding carboxylic acids is 1. The first-order valence-electron chi connectivity index (χ1n) is 8.90. The quantitative estimate of drug-likeness (QED) is 0.475. The lowest BCUT2D eigenvalue weighted by atomic mass is 10.1. The fourth-order valence-electron chi connectivity index (χ4n) is 3.44. The Morgan fingerprint density at radius 1 is 1.33 bits per heavy atom. The lowest BCUT2D eigenvalue weighted by Crippen LogP contribution is -2.44. The SMILES string of the molecule is N=C(N)c1ccc(N2CC(CN3CCCC(OCC(=O)O)C3)OC2=O)cc1. The number of nitrogens with zero attached hydrogens (tertiary/aromatic N) is 2. The molecule has 2 atom stereocenters. The van der Waals surface area contributed by atoms with E-state index in [1.54, 1.807) is 29.2 Å². The van der Waals surface area contributed by atoms with Crippen LogP contribution in [-0.2, 0) is 14.3 Å². The van der Waals surface area contributed by atoms with Crippen LogP contribution < -0.4 is 10.6 Å².